The smallest absolute Gasteiger partial charge is 0.413 e. The lowest BCUT2D eigenvalue weighted by Crippen LogP contribution is -2.40. The van der Waals surface area contributed by atoms with E-state index in [1.165, 1.54) is 0 Å². The summed E-state index contributed by atoms with van der Waals surface area (Å²) < 4.78 is 32.9. The number of carboxylic acids is 1. The first kappa shape index (κ1) is 22.9. The largest absolute Gasteiger partial charge is 0.480 e. The second-order valence-corrected chi connectivity index (χ2v) is 9.36. The van der Waals surface area contributed by atoms with Crippen LogP contribution in [0, 0.1) is 0 Å². The van der Waals surface area contributed by atoms with Crippen molar-refractivity contribution in [1.29, 1.82) is 0 Å². The van der Waals surface area contributed by atoms with Gasteiger partial charge in [0.1, 0.15) is 17.5 Å². The Morgan fingerprint density at radius 2 is 1.74 bits per heavy atom. The summed E-state index contributed by atoms with van der Waals surface area (Å²) in [5.74, 6) is -5.80. The lowest BCUT2D eigenvalue weighted by Gasteiger charge is -2.19. The van der Waals surface area contributed by atoms with Gasteiger partial charge in [0, 0.05) is 12.3 Å². The van der Waals surface area contributed by atoms with Crippen LogP contribution in [0.4, 0.5) is 18.7 Å². The number of anilines is 1. The molecule has 2 N–H and O–H groups in total. The summed E-state index contributed by atoms with van der Waals surface area (Å²) in [4.78, 5) is 40.8. The fourth-order valence-electron chi connectivity index (χ4n) is 4.55. The lowest BCUT2D eigenvalue weighted by atomic mass is 9.98. The van der Waals surface area contributed by atoms with Crippen molar-refractivity contribution < 1.29 is 33.0 Å². The molecule has 1 aliphatic carbocycles. The summed E-state index contributed by atoms with van der Waals surface area (Å²) in [6.07, 6.45) is -0.615. The van der Waals surface area contributed by atoms with E-state index < -0.39 is 42.9 Å². The number of hydrogen-bond acceptors (Lipinski definition) is 6. The van der Waals surface area contributed by atoms with E-state index in [0.29, 0.717) is 4.90 Å². The van der Waals surface area contributed by atoms with E-state index in [4.69, 9.17) is 4.74 Å². The van der Waals surface area contributed by atoms with E-state index in [1.54, 1.807) is 0 Å². The van der Waals surface area contributed by atoms with Crippen LogP contribution in [0.15, 0.2) is 54.7 Å². The normalized spacial score (nSPS) is 18.1. The Balaban J connectivity index is 1.23. The number of nitrogens with one attached hydrogen (secondary N) is 1. The summed E-state index contributed by atoms with van der Waals surface area (Å²) in [6.45, 7) is -0.907. The third-order valence-corrected chi connectivity index (χ3v) is 6.99. The molecule has 0 bridgehead atoms. The minimum absolute atomic E-state index is 0.0309. The number of carboxylic acid groups (broad SMARTS) is 1. The topological polar surface area (TPSA) is 109 Å². The molecule has 1 aromatic heterocycles. The first-order valence-corrected chi connectivity index (χ1v) is 11.5. The SMILES string of the molecule is O=C(Nc1ncc(C(=O)N2CC(F)(F)C[C@H]2C(=O)O)s1)OCC1c2ccccc2-c2ccccc21. The number of carbonyl (C=O) groups is 3. The van der Waals surface area contributed by atoms with Crippen LogP contribution in [0.1, 0.15) is 33.1 Å². The van der Waals surface area contributed by atoms with Gasteiger partial charge in [-0.25, -0.2) is 23.4 Å². The van der Waals surface area contributed by atoms with Gasteiger partial charge in [0.25, 0.3) is 11.8 Å². The standard InChI is InChI=1S/C24H19F2N3O5S/c25-24(26)9-18(21(31)32)29(12-24)20(30)19-10-27-22(35-19)28-23(33)34-11-17-15-7-3-1-5-13(15)14-6-2-4-8-16(14)17/h1-8,10,17-18H,9,11-12H2,(H,31,32)(H,27,28,33)/t18-/m0/s1. The molecule has 1 fully saturated rings. The molecule has 1 saturated heterocycles. The van der Waals surface area contributed by atoms with E-state index in [2.05, 4.69) is 10.3 Å². The Morgan fingerprint density at radius 1 is 1.11 bits per heavy atom. The number of benzene rings is 2. The minimum atomic E-state index is -3.29. The number of fused-ring (bicyclic) bond motifs is 3. The summed E-state index contributed by atoms with van der Waals surface area (Å²) in [7, 11) is 0. The Kier molecular flexibility index (Phi) is 5.72. The Hall–Kier alpha value is -3.86. The van der Waals surface area contributed by atoms with Crippen LogP contribution in [-0.4, -0.2) is 58.1 Å². The molecular weight excluding hydrogens is 480 g/mol. The predicted molar refractivity (Wildman–Crippen MR) is 123 cm³/mol. The molecular formula is C24H19F2N3O5S. The van der Waals surface area contributed by atoms with E-state index >= 15 is 0 Å². The molecule has 5 rings (SSSR count). The summed E-state index contributed by atoms with van der Waals surface area (Å²) in [6, 6.07) is 14.2. The molecule has 180 valence electrons. The van der Waals surface area contributed by atoms with Crippen LogP contribution in [0.25, 0.3) is 11.1 Å². The number of likely N-dealkylation sites (tertiary alicyclic amines) is 1. The van der Waals surface area contributed by atoms with Crippen LogP contribution < -0.4 is 5.32 Å². The molecule has 11 heteroatoms. The number of halogens is 2. The average Bonchev–Trinajstić information content (AvgIpc) is 3.51. The van der Waals surface area contributed by atoms with E-state index in [1.807, 2.05) is 48.5 Å². The van der Waals surface area contributed by atoms with Crippen LogP contribution in [0.5, 0.6) is 0 Å². The summed E-state index contributed by atoms with van der Waals surface area (Å²) >= 11 is 0.753. The monoisotopic (exact) mass is 499 g/mol. The van der Waals surface area contributed by atoms with Gasteiger partial charge in [-0.1, -0.05) is 59.9 Å². The van der Waals surface area contributed by atoms with Gasteiger partial charge in [0.05, 0.1) is 12.7 Å². The molecule has 2 amide bonds. The van der Waals surface area contributed by atoms with Gasteiger partial charge in [-0.2, -0.15) is 0 Å². The van der Waals surface area contributed by atoms with Gasteiger partial charge in [0.15, 0.2) is 5.13 Å². The summed E-state index contributed by atoms with van der Waals surface area (Å²) in [5, 5.41) is 11.7. The van der Waals surface area contributed by atoms with Crippen LogP contribution in [0.3, 0.4) is 0 Å². The van der Waals surface area contributed by atoms with E-state index in [-0.39, 0.29) is 22.5 Å². The molecule has 2 heterocycles. The highest BCUT2D eigenvalue weighted by atomic mass is 32.1. The van der Waals surface area contributed by atoms with Crippen molar-refractivity contribution in [2.24, 2.45) is 0 Å². The molecule has 2 aromatic carbocycles. The summed E-state index contributed by atoms with van der Waals surface area (Å²) in [5.41, 5.74) is 4.29. The van der Waals surface area contributed by atoms with Crippen molar-refractivity contribution in [3.8, 4) is 11.1 Å². The van der Waals surface area contributed by atoms with Crippen LogP contribution in [-0.2, 0) is 9.53 Å². The second-order valence-electron chi connectivity index (χ2n) is 8.33. The molecule has 0 saturated carbocycles. The van der Waals surface area contributed by atoms with Gasteiger partial charge >= 0.3 is 12.1 Å². The molecule has 0 radical (unpaired) electrons. The number of rotatable bonds is 5. The third-order valence-electron chi connectivity index (χ3n) is 6.08. The van der Waals surface area contributed by atoms with Gasteiger partial charge < -0.3 is 14.7 Å². The number of carbonyl (C=O) groups excluding carboxylic acids is 2. The van der Waals surface area contributed by atoms with Gasteiger partial charge in [-0.15, -0.1) is 0 Å². The minimum Gasteiger partial charge on any atom is -0.480 e. The van der Waals surface area contributed by atoms with Crippen molar-refractivity contribution >= 4 is 34.4 Å². The van der Waals surface area contributed by atoms with Crippen LogP contribution >= 0.6 is 11.3 Å². The van der Waals surface area contributed by atoms with Crippen molar-refractivity contribution in [1.82, 2.24) is 9.88 Å². The number of amides is 2. The van der Waals surface area contributed by atoms with Crippen molar-refractivity contribution in [2.45, 2.75) is 24.3 Å². The number of aromatic nitrogens is 1. The number of thiazole rings is 1. The zero-order valence-corrected chi connectivity index (χ0v) is 18.9. The van der Waals surface area contributed by atoms with Crippen molar-refractivity contribution in [3.63, 3.8) is 0 Å². The zero-order valence-electron chi connectivity index (χ0n) is 18.1. The molecule has 8 nitrogen and oxygen atoms in total. The maximum absolute atomic E-state index is 13.7. The molecule has 3 aromatic rings. The van der Waals surface area contributed by atoms with Gasteiger partial charge in [0.2, 0.25) is 0 Å². The molecule has 0 spiro atoms. The highest BCUT2D eigenvalue weighted by molar-refractivity contribution is 7.17. The van der Waals surface area contributed by atoms with E-state index in [9.17, 15) is 28.3 Å². The number of hydrogen-bond donors (Lipinski definition) is 2. The quantitative estimate of drug-likeness (QED) is 0.537. The van der Waals surface area contributed by atoms with Crippen molar-refractivity contribution in [2.75, 3.05) is 18.5 Å². The predicted octanol–water partition coefficient (Wildman–Crippen LogP) is 4.44. The third kappa shape index (κ3) is 4.34. The van der Waals surface area contributed by atoms with Crippen molar-refractivity contribution in [3.05, 3.63) is 70.7 Å². The molecule has 2 aliphatic rings. The first-order valence-electron chi connectivity index (χ1n) is 10.7. The fraction of sp³-hybridized carbons (Fsp3) is 0.250. The Bertz CT molecular complexity index is 1280. The highest BCUT2D eigenvalue weighted by Crippen LogP contribution is 2.44. The maximum atomic E-state index is 13.7. The number of alkyl halides is 2. The lowest BCUT2D eigenvalue weighted by molar-refractivity contribution is -0.141. The highest BCUT2D eigenvalue weighted by Gasteiger charge is 2.50. The average molecular weight is 499 g/mol. The maximum Gasteiger partial charge on any atom is 0.413 e. The molecule has 1 aliphatic heterocycles. The molecule has 1 atom stereocenters. The van der Waals surface area contributed by atoms with Gasteiger partial charge in [-0.3, -0.25) is 10.1 Å². The Labute approximate surface area is 202 Å². The second kappa shape index (κ2) is 8.73. The molecule has 35 heavy (non-hydrogen) atoms. The Morgan fingerprint density at radius 3 is 2.37 bits per heavy atom. The number of aliphatic carboxylic acids is 1. The van der Waals surface area contributed by atoms with Crippen LogP contribution in [0.2, 0.25) is 0 Å². The molecule has 0 unspecified atom stereocenters. The first-order chi connectivity index (χ1) is 16.7. The number of nitrogens with zero attached hydrogens (tertiary/aromatic N) is 2. The van der Waals surface area contributed by atoms with E-state index in [0.717, 1.165) is 39.8 Å². The van der Waals surface area contributed by atoms with Gasteiger partial charge in [-0.05, 0) is 22.3 Å². The zero-order chi connectivity index (χ0) is 24.7. The fourth-order valence-corrected chi connectivity index (χ4v) is 5.30. The number of ether oxygens (including phenoxy) is 1.